The van der Waals surface area contributed by atoms with Crippen molar-refractivity contribution in [1.82, 2.24) is 0 Å². The highest BCUT2D eigenvalue weighted by Gasteiger charge is 2.37. The van der Waals surface area contributed by atoms with Crippen LogP contribution >= 0.6 is 23.4 Å². The molecule has 5 heteroatoms. The molecule has 0 aromatic heterocycles. The number of hydrogen-bond donors (Lipinski definition) is 2. The number of hydrogen-bond acceptors (Lipinski definition) is 3. The van der Waals surface area contributed by atoms with Crippen LogP contribution in [-0.2, 0) is 4.79 Å². The highest BCUT2D eigenvalue weighted by molar-refractivity contribution is 8.00. The average Bonchev–Trinajstić information content (AvgIpc) is 2.17. The summed E-state index contributed by atoms with van der Waals surface area (Å²) in [6.07, 6.45) is 1.72. The maximum atomic E-state index is 10.8. The number of halogens is 1. The minimum absolute atomic E-state index is 0.164. The van der Waals surface area contributed by atoms with Crippen LogP contribution in [0.1, 0.15) is 12.8 Å². The molecule has 3 nitrogen and oxygen atoms in total. The van der Waals surface area contributed by atoms with Gasteiger partial charge in [-0.25, -0.2) is 0 Å². The molecule has 1 aliphatic rings. The van der Waals surface area contributed by atoms with Gasteiger partial charge in [-0.05, 0) is 31.0 Å². The highest BCUT2D eigenvalue weighted by Crippen LogP contribution is 2.42. The second-order valence-electron chi connectivity index (χ2n) is 3.86. The van der Waals surface area contributed by atoms with E-state index in [9.17, 15) is 4.79 Å². The Kier molecular flexibility index (Phi) is 3.30. The average molecular weight is 258 g/mol. The Balaban J connectivity index is 2.04. The predicted octanol–water partition coefficient (Wildman–Crippen LogP) is 2.88. The van der Waals surface area contributed by atoms with Gasteiger partial charge in [0.25, 0.3) is 0 Å². The molecule has 0 heterocycles. The number of benzene rings is 1. The third kappa shape index (κ3) is 2.28. The molecule has 0 amide bonds. The quantitative estimate of drug-likeness (QED) is 0.818. The van der Waals surface area contributed by atoms with Gasteiger partial charge >= 0.3 is 5.97 Å². The number of nitrogen functional groups attached to an aromatic ring is 1. The molecule has 0 spiro atoms. The van der Waals surface area contributed by atoms with E-state index in [-0.39, 0.29) is 11.2 Å². The molecular formula is C11H12ClNO2S. The predicted molar refractivity (Wildman–Crippen MR) is 65.9 cm³/mol. The molecule has 1 saturated carbocycles. The third-order valence-electron chi connectivity index (χ3n) is 2.79. The third-order valence-corrected chi connectivity index (χ3v) is 4.51. The van der Waals surface area contributed by atoms with E-state index in [0.717, 1.165) is 17.7 Å². The first kappa shape index (κ1) is 11.6. The van der Waals surface area contributed by atoms with Crippen LogP contribution in [0.25, 0.3) is 0 Å². The van der Waals surface area contributed by atoms with Gasteiger partial charge in [0, 0.05) is 10.1 Å². The van der Waals surface area contributed by atoms with Crippen LogP contribution in [0.5, 0.6) is 0 Å². The topological polar surface area (TPSA) is 63.3 Å². The van der Waals surface area contributed by atoms with Crippen LogP contribution < -0.4 is 5.73 Å². The zero-order valence-corrected chi connectivity index (χ0v) is 10.1. The maximum absolute atomic E-state index is 10.8. The molecule has 1 aromatic rings. The molecule has 0 saturated heterocycles. The fraction of sp³-hybridized carbons (Fsp3) is 0.364. The van der Waals surface area contributed by atoms with Gasteiger partial charge in [-0.1, -0.05) is 11.6 Å². The summed E-state index contributed by atoms with van der Waals surface area (Å²) < 4.78 is 0. The number of carboxylic acids is 1. The van der Waals surface area contributed by atoms with Gasteiger partial charge in [0.05, 0.1) is 16.6 Å². The Hall–Kier alpha value is -0.870. The lowest BCUT2D eigenvalue weighted by atomic mass is 9.85. The zero-order valence-electron chi connectivity index (χ0n) is 8.52. The first-order chi connectivity index (χ1) is 7.58. The Morgan fingerprint density at radius 3 is 2.75 bits per heavy atom. The second kappa shape index (κ2) is 4.55. The van der Waals surface area contributed by atoms with Gasteiger partial charge in [-0.15, -0.1) is 11.8 Å². The summed E-state index contributed by atoms with van der Waals surface area (Å²) in [5.74, 6) is -0.924. The van der Waals surface area contributed by atoms with Crippen LogP contribution in [0.3, 0.4) is 0 Å². The van der Waals surface area contributed by atoms with Crippen molar-refractivity contribution < 1.29 is 9.90 Å². The molecule has 2 rings (SSSR count). The van der Waals surface area contributed by atoms with Crippen molar-refractivity contribution in [3.05, 3.63) is 23.2 Å². The summed E-state index contributed by atoms with van der Waals surface area (Å²) in [4.78, 5) is 11.8. The Bertz CT molecular complexity index is 424. The van der Waals surface area contributed by atoms with E-state index in [0.29, 0.717) is 10.7 Å². The lowest BCUT2D eigenvalue weighted by Crippen LogP contribution is -2.35. The molecule has 0 bridgehead atoms. The lowest BCUT2D eigenvalue weighted by Gasteiger charge is -2.32. The summed E-state index contributed by atoms with van der Waals surface area (Å²) in [5.41, 5.74) is 6.16. The Morgan fingerprint density at radius 1 is 1.50 bits per heavy atom. The van der Waals surface area contributed by atoms with Crippen LogP contribution in [0.4, 0.5) is 5.69 Å². The number of anilines is 1. The fourth-order valence-electron chi connectivity index (χ4n) is 1.65. The molecular weight excluding hydrogens is 246 g/mol. The maximum Gasteiger partial charge on any atom is 0.307 e. The van der Waals surface area contributed by atoms with E-state index >= 15 is 0 Å². The molecule has 3 N–H and O–H groups in total. The van der Waals surface area contributed by atoms with Crippen molar-refractivity contribution in [3.63, 3.8) is 0 Å². The first-order valence-electron chi connectivity index (χ1n) is 5.02. The highest BCUT2D eigenvalue weighted by atomic mass is 35.5. The number of aliphatic carboxylic acids is 1. The van der Waals surface area contributed by atoms with Gasteiger partial charge in [0.2, 0.25) is 0 Å². The number of nitrogens with two attached hydrogens (primary N) is 1. The molecule has 16 heavy (non-hydrogen) atoms. The van der Waals surface area contributed by atoms with Crippen molar-refractivity contribution in [1.29, 1.82) is 0 Å². The first-order valence-corrected chi connectivity index (χ1v) is 6.28. The number of carbonyl (C=O) groups is 1. The molecule has 0 radical (unpaired) electrons. The molecule has 1 fully saturated rings. The Morgan fingerprint density at radius 2 is 2.25 bits per heavy atom. The van der Waals surface area contributed by atoms with Gasteiger partial charge < -0.3 is 10.8 Å². The second-order valence-corrected chi connectivity index (χ2v) is 5.58. The van der Waals surface area contributed by atoms with Gasteiger partial charge in [-0.2, -0.15) is 0 Å². The molecule has 2 atom stereocenters. The standard InChI is InChI=1S/C11H12ClNO2S/c12-8-5-6(1-3-9(8)13)16-10-4-2-7(10)11(14)15/h1,3,5,7,10H,2,4,13H2,(H,14,15). The van der Waals surface area contributed by atoms with Crippen molar-refractivity contribution in [2.24, 2.45) is 5.92 Å². The molecule has 1 aromatic carbocycles. The van der Waals surface area contributed by atoms with Crippen molar-refractivity contribution in [3.8, 4) is 0 Å². The molecule has 2 unspecified atom stereocenters. The summed E-state index contributed by atoms with van der Waals surface area (Å²) >= 11 is 7.47. The number of thioether (sulfide) groups is 1. The van der Waals surface area contributed by atoms with E-state index in [4.69, 9.17) is 22.4 Å². The van der Waals surface area contributed by atoms with E-state index in [2.05, 4.69) is 0 Å². The minimum atomic E-state index is -0.703. The van der Waals surface area contributed by atoms with E-state index in [1.54, 1.807) is 23.9 Å². The largest absolute Gasteiger partial charge is 0.481 e. The van der Waals surface area contributed by atoms with Crippen LogP contribution in [0, 0.1) is 5.92 Å². The summed E-state index contributed by atoms with van der Waals surface area (Å²) in [5, 5.41) is 9.61. The zero-order chi connectivity index (χ0) is 11.7. The fourth-order valence-corrected chi connectivity index (χ4v) is 3.25. The van der Waals surface area contributed by atoms with Crippen molar-refractivity contribution >= 4 is 35.0 Å². The van der Waals surface area contributed by atoms with Gasteiger partial charge in [0.1, 0.15) is 0 Å². The van der Waals surface area contributed by atoms with E-state index < -0.39 is 5.97 Å². The van der Waals surface area contributed by atoms with Crippen LogP contribution in [-0.4, -0.2) is 16.3 Å². The van der Waals surface area contributed by atoms with Crippen LogP contribution in [0.15, 0.2) is 23.1 Å². The lowest BCUT2D eigenvalue weighted by molar-refractivity contribution is -0.144. The summed E-state index contributed by atoms with van der Waals surface area (Å²) in [7, 11) is 0. The monoisotopic (exact) mass is 257 g/mol. The summed E-state index contributed by atoms with van der Waals surface area (Å²) in [6.45, 7) is 0. The van der Waals surface area contributed by atoms with Gasteiger partial charge in [-0.3, -0.25) is 4.79 Å². The van der Waals surface area contributed by atoms with Crippen molar-refractivity contribution in [2.45, 2.75) is 23.0 Å². The smallest absolute Gasteiger partial charge is 0.307 e. The molecule has 1 aliphatic carbocycles. The summed E-state index contributed by atoms with van der Waals surface area (Å²) in [6, 6.07) is 5.42. The van der Waals surface area contributed by atoms with Gasteiger partial charge in [0.15, 0.2) is 0 Å². The SMILES string of the molecule is Nc1ccc(SC2CCC2C(=O)O)cc1Cl. The van der Waals surface area contributed by atoms with Crippen LogP contribution in [0.2, 0.25) is 5.02 Å². The molecule has 0 aliphatic heterocycles. The number of rotatable bonds is 3. The van der Waals surface area contributed by atoms with Crippen molar-refractivity contribution in [2.75, 3.05) is 5.73 Å². The Labute approximate surface area is 103 Å². The molecule has 86 valence electrons. The van der Waals surface area contributed by atoms with E-state index in [1.807, 2.05) is 6.07 Å². The van der Waals surface area contributed by atoms with E-state index in [1.165, 1.54) is 0 Å². The normalized spacial score (nSPS) is 23.8. The number of carboxylic acid groups (broad SMARTS) is 1. The minimum Gasteiger partial charge on any atom is -0.481 e.